The number of alkyl halides is 1. The number of anilines is 2. The number of hydrogen-bond donors (Lipinski definition) is 2. The molecule has 0 atom stereocenters. The summed E-state index contributed by atoms with van der Waals surface area (Å²) >= 11 is 0. The zero-order valence-electron chi connectivity index (χ0n) is 14.7. The fraction of sp³-hybridized carbons (Fsp3) is 0.200. The summed E-state index contributed by atoms with van der Waals surface area (Å²) in [5.74, 6) is 0. The van der Waals surface area contributed by atoms with Crippen LogP contribution in [-0.4, -0.2) is 28.7 Å². The predicted molar refractivity (Wildman–Crippen MR) is 105 cm³/mol. The summed E-state index contributed by atoms with van der Waals surface area (Å²) in [5.41, 5.74) is 5.17. The lowest BCUT2D eigenvalue weighted by atomic mass is 10.1. The van der Waals surface area contributed by atoms with E-state index >= 15 is 0 Å². The van der Waals surface area contributed by atoms with E-state index in [1.165, 1.54) is 4.68 Å². The quantitative estimate of drug-likeness (QED) is 0.601. The van der Waals surface area contributed by atoms with Gasteiger partial charge in [0.05, 0.1) is 19.3 Å². The highest BCUT2D eigenvalue weighted by Crippen LogP contribution is 2.15. The summed E-state index contributed by atoms with van der Waals surface area (Å²) < 4.78 is 13.8. The topological polar surface area (TPSA) is 54.8 Å². The molecule has 2 N–H and O–H groups in total. The van der Waals surface area contributed by atoms with Crippen molar-refractivity contribution >= 4 is 23.5 Å². The molecule has 3 rings (SSSR count). The van der Waals surface area contributed by atoms with Gasteiger partial charge < -0.3 is 10.6 Å². The van der Waals surface area contributed by atoms with Crippen LogP contribution in [0.2, 0.25) is 0 Å². The van der Waals surface area contributed by atoms with E-state index in [4.69, 9.17) is 0 Å². The molecule has 0 aliphatic carbocycles. The Balaban J connectivity index is 1.54. The molecule has 0 spiro atoms. The van der Waals surface area contributed by atoms with Crippen LogP contribution in [0.25, 0.3) is 12.2 Å². The minimum Gasteiger partial charge on any atom is -0.388 e. The van der Waals surface area contributed by atoms with Gasteiger partial charge in [-0.15, -0.1) is 5.10 Å². The molecule has 0 saturated heterocycles. The van der Waals surface area contributed by atoms with E-state index in [-0.39, 0.29) is 6.54 Å². The number of hydrogen-bond acceptors (Lipinski definition) is 4. The van der Waals surface area contributed by atoms with Crippen LogP contribution in [0.5, 0.6) is 0 Å². The van der Waals surface area contributed by atoms with Gasteiger partial charge in [0.2, 0.25) is 0 Å². The van der Waals surface area contributed by atoms with Gasteiger partial charge >= 0.3 is 0 Å². The number of benzene rings is 2. The Morgan fingerprint density at radius 1 is 0.962 bits per heavy atom. The molecule has 0 aliphatic rings. The van der Waals surface area contributed by atoms with Crippen LogP contribution >= 0.6 is 0 Å². The highest BCUT2D eigenvalue weighted by molar-refractivity contribution is 5.71. The number of nitrogens with one attached hydrogen (secondary N) is 2. The molecule has 3 aromatic rings. The Labute approximate surface area is 152 Å². The van der Waals surface area contributed by atoms with Crippen molar-refractivity contribution in [3.8, 4) is 0 Å². The van der Waals surface area contributed by atoms with Gasteiger partial charge in [0.1, 0.15) is 12.4 Å². The van der Waals surface area contributed by atoms with Gasteiger partial charge in [-0.25, -0.2) is 9.07 Å². The zero-order valence-corrected chi connectivity index (χ0v) is 14.7. The summed E-state index contributed by atoms with van der Waals surface area (Å²) in [5, 5.41) is 14.3. The van der Waals surface area contributed by atoms with Crippen molar-refractivity contribution < 1.29 is 4.39 Å². The van der Waals surface area contributed by atoms with E-state index in [1.807, 2.05) is 19.2 Å². The van der Waals surface area contributed by atoms with Crippen molar-refractivity contribution in [3.05, 3.63) is 71.5 Å². The average Bonchev–Trinajstić information content (AvgIpc) is 3.14. The molecule has 1 heterocycles. The smallest absolute Gasteiger partial charge is 0.109 e. The molecular formula is C20H22FN5. The summed E-state index contributed by atoms with van der Waals surface area (Å²) in [4.78, 5) is 0. The molecule has 5 nitrogen and oxygen atoms in total. The van der Waals surface area contributed by atoms with Gasteiger partial charge in [-0.2, -0.15) is 0 Å². The second-order valence-corrected chi connectivity index (χ2v) is 5.84. The number of halogens is 1. The second kappa shape index (κ2) is 8.80. The van der Waals surface area contributed by atoms with Crippen LogP contribution < -0.4 is 10.6 Å². The Bertz CT molecular complexity index is 837. The van der Waals surface area contributed by atoms with Gasteiger partial charge in [0.15, 0.2) is 0 Å². The first-order valence-corrected chi connectivity index (χ1v) is 8.51. The second-order valence-electron chi connectivity index (χ2n) is 5.84. The van der Waals surface area contributed by atoms with Crippen LogP contribution in [0.4, 0.5) is 15.8 Å². The highest BCUT2D eigenvalue weighted by Gasteiger charge is 2.00. The molecule has 26 heavy (non-hydrogen) atoms. The zero-order chi connectivity index (χ0) is 18.2. The fourth-order valence-electron chi connectivity index (χ4n) is 2.47. The lowest BCUT2D eigenvalue weighted by Crippen LogP contribution is -2.00. The maximum absolute atomic E-state index is 12.3. The summed E-state index contributed by atoms with van der Waals surface area (Å²) in [7, 11) is 1.91. The number of rotatable bonds is 8. The summed E-state index contributed by atoms with van der Waals surface area (Å²) in [6, 6.07) is 16.4. The number of aromatic nitrogens is 3. The lowest BCUT2D eigenvalue weighted by Gasteiger charge is -2.04. The monoisotopic (exact) mass is 351 g/mol. The van der Waals surface area contributed by atoms with Gasteiger partial charge in [-0.1, -0.05) is 41.6 Å². The Hall–Kier alpha value is -3.15. The predicted octanol–water partition coefficient (Wildman–Crippen LogP) is 4.07. The lowest BCUT2D eigenvalue weighted by molar-refractivity contribution is 0.422. The van der Waals surface area contributed by atoms with Crippen molar-refractivity contribution in [3.63, 3.8) is 0 Å². The van der Waals surface area contributed by atoms with Crippen LogP contribution in [0, 0.1) is 0 Å². The van der Waals surface area contributed by atoms with E-state index in [0.29, 0.717) is 6.54 Å². The first kappa shape index (κ1) is 17.7. The largest absolute Gasteiger partial charge is 0.388 e. The number of aryl methyl sites for hydroxylation is 1. The molecule has 6 heteroatoms. The van der Waals surface area contributed by atoms with Crippen LogP contribution in [-0.2, 0) is 13.1 Å². The summed E-state index contributed by atoms with van der Waals surface area (Å²) in [6.45, 7) is 0.357. The Morgan fingerprint density at radius 2 is 1.58 bits per heavy atom. The third kappa shape index (κ3) is 4.92. The minimum absolute atomic E-state index is 0.242. The molecule has 0 fully saturated rings. The van der Waals surface area contributed by atoms with Crippen LogP contribution in [0.3, 0.4) is 0 Å². The molecule has 0 unspecified atom stereocenters. The average molecular weight is 351 g/mol. The van der Waals surface area contributed by atoms with Crippen molar-refractivity contribution in [2.24, 2.45) is 0 Å². The van der Waals surface area contributed by atoms with Gasteiger partial charge in [0.25, 0.3) is 0 Å². The Kier molecular flexibility index (Phi) is 5.98. The van der Waals surface area contributed by atoms with Crippen molar-refractivity contribution in [1.82, 2.24) is 15.0 Å². The molecule has 0 radical (unpaired) electrons. The first-order valence-electron chi connectivity index (χ1n) is 8.51. The van der Waals surface area contributed by atoms with E-state index < -0.39 is 6.67 Å². The molecule has 0 aliphatic heterocycles. The summed E-state index contributed by atoms with van der Waals surface area (Å²) in [6.07, 6.45) is 5.93. The van der Waals surface area contributed by atoms with Crippen molar-refractivity contribution in [1.29, 1.82) is 0 Å². The highest BCUT2D eigenvalue weighted by atomic mass is 19.1. The molecule has 134 valence electrons. The SMILES string of the molecule is CNc1ccc(C=Cc2ccc(NCc3cn(CCF)nn3)cc2)cc1. The van der Waals surface area contributed by atoms with Crippen LogP contribution in [0.1, 0.15) is 16.8 Å². The third-order valence-electron chi connectivity index (χ3n) is 3.95. The first-order chi connectivity index (χ1) is 12.8. The standard InChI is InChI=1S/C20H22FN5/c1-22-18-8-4-16(5-9-18)2-3-17-6-10-19(11-7-17)23-14-20-15-26(13-12-21)25-24-20/h2-11,15,22-23H,12-14H2,1H3. The van der Waals surface area contributed by atoms with E-state index in [0.717, 1.165) is 28.2 Å². The van der Waals surface area contributed by atoms with Crippen molar-refractivity contribution in [2.45, 2.75) is 13.1 Å². The molecule has 2 aromatic carbocycles. The maximum Gasteiger partial charge on any atom is 0.109 e. The Morgan fingerprint density at radius 3 is 2.15 bits per heavy atom. The number of nitrogens with zero attached hydrogens (tertiary/aromatic N) is 3. The minimum atomic E-state index is -0.440. The fourth-order valence-corrected chi connectivity index (χ4v) is 2.47. The molecule has 0 amide bonds. The molecule has 0 saturated carbocycles. The van der Waals surface area contributed by atoms with Crippen LogP contribution in [0.15, 0.2) is 54.7 Å². The molecule has 0 bridgehead atoms. The molecular weight excluding hydrogens is 329 g/mol. The van der Waals surface area contributed by atoms with Gasteiger partial charge in [-0.05, 0) is 35.4 Å². The third-order valence-corrected chi connectivity index (χ3v) is 3.95. The molecule has 1 aromatic heterocycles. The van der Waals surface area contributed by atoms with Crippen molar-refractivity contribution in [2.75, 3.05) is 24.4 Å². The van der Waals surface area contributed by atoms with Gasteiger partial charge in [-0.3, -0.25) is 0 Å². The van der Waals surface area contributed by atoms with E-state index in [9.17, 15) is 4.39 Å². The van der Waals surface area contributed by atoms with E-state index in [2.05, 4.69) is 69.5 Å². The van der Waals surface area contributed by atoms with E-state index in [1.54, 1.807) is 6.20 Å². The normalized spacial score (nSPS) is 11.0. The maximum atomic E-state index is 12.3. The van der Waals surface area contributed by atoms with Gasteiger partial charge in [0, 0.05) is 18.4 Å².